The molecule has 0 spiro atoms. The molecule has 2 amide bonds. The standard InChI is InChI=1S/C25H25ClN2O4S/c26-23-19-8-4-5-9-20(19)33-24(23)25(31)27-15-22(30)32-16-21(29)28-12-10-18(11-13-28)14-17-6-2-1-3-7-17/h1-9,18H,10-16H2,(H,27,31). The molecule has 4 rings (SSSR count). The van der Waals surface area contributed by atoms with Crippen LogP contribution < -0.4 is 5.32 Å². The van der Waals surface area contributed by atoms with Gasteiger partial charge in [-0.05, 0) is 36.8 Å². The van der Waals surface area contributed by atoms with Gasteiger partial charge in [-0.2, -0.15) is 0 Å². The number of esters is 1. The van der Waals surface area contributed by atoms with E-state index in [1.807, 2.05) is 42.5 Å². The number of amides is 2. The van der Waals surface area contributed by atoms with Crippen molar-refractivity contribution in [1.82, 2.24) is 10.2 Å². The summed E-state index contributed by atoms with van der Waals surface area (Å²) in [6.07, 6.45) is 2.88. The molecule has 1 fully saturated rings. The van der Waals surface area contributed by atoms with Crippen LogP contribution in [0.25, 0.3) is 10.1 Å². The number of ether oxygens (including phenoxy) is 1. The number of likely N-dealkylation sites (tertiary alicyclic amines) is 1. The summed E-state index contributed by atoms with van der Waals surface area (Å²) in [5.74, 6) is -0.756. The van der Waals surface area contributed by atoms with Gasteiger partial charge in [0, 0.05) is 23.2 Å². The highest BCUT2D eigenvalue weighted by atomic mass is 35.5. The number of carbonyl (C=O) groups is 3. The average Bonchev–Trinajstić information content (AvgIpc) is 3.19. The Morgan fingerprint density at radius 2 is 1.73 bits per heavy atom. The summed E-state index contributed by atoms with van der Waals surface area (Å²) >= 11 is 7.56. The molecule has 8 heteroatoms. The fourth-order valence-electron chi connectivity index (χ4n) is 4.01. The van der Waals surface area contributed by atoms with Gasteiger partial charge in [-0.25, -0.2) is 0 Å². The summed E-state index contributed by atoms with van der Waals surface area (Å²) in [5, 5.41) is 3.69. The Balaban J connectivity index is 1.18. The predicted octanol–water partition coefficient (Wildman–Crippen LogP) is 4.31. The maximum Gasteiger partial charge on any atom is 0.325 e. The molecule has 0 atom stereocenters. The minimum atomic E-state index is -0.659. The minimum absolute atomic E-state index is 0.208. The van der Waals surface area contributed by atoms with Gasteiger partial charge in [0.2, 0.25) is 0 Å². The molecular formula is C25H25ClN2O4S. The first-order valence-electron chi connectivity index (χ1n) is 10.9. The van der Waals surface area contributed by atoms with E-state index in [-0.39, 0.29) is 19.1 Å². The number of nitrogens with zero attached hydrogens (tertiary/aromatic N) is 1. The molecule has 0 unspecified atom stereocenters. The number of hydrogen-bond acceptors (Lipinski definition) is 5. The van der Waals surface area contributed by atoms with Crippen molar-refractivity contribution in [1.29, 1.82) is 0 Å². The van der Waals surface area contributed by atoms with Gasteiger partial charge in [-0.1, -0.05) is 60.1 Å². The highest BCUT2D eigenvalue weighted by Crippen LogP contribution is 2.34. The lowest BCUT2D eigenvalue weighted by Gasteiger charge is -2.32. The van der Waals surface area contributed by atoms with Gasteiger partial charge in [0.25, 0.3) is 11.8 Å². The van der Waals surface area contributed by atoms with Crippen molar-refractivity contribution < 1.29 is 19.1 Å². The number of nitrogens with one attached hydrogen (secondary N) is 1. The van der Waals surface area contributed by atoms with E-state index in [1.54, 1.807) is 4.90 Å². The molecular weight excluding hydrogens is 460 g/mol. The van der Waals surface area contributed by atoms with E-state index < -0.39 is 11.9 Å². The number of piperidine rings is 1. The van der Waals surface area contributed by atoms with Crippen LogP contribution >= 0.6 is 22.9 Å². The summed E-state index contributed by atoms with van der Waals surface area (Å²) in [4.78, 5) is 39.0. The molecule has 0 bridgehead atoms. The Bertz CT molecular complexity index is 1140. The smallest absolute Gasteiger partial charge is 0.325 e. The Morgan fingerprint density at radius 1 is 1.03 bits per heavy atom. The van der Waals surface area contributed by atoms with Crippen LogP contribution in [-0.2, 0) is 20.7 Å². The van der Waals surface area contributed by atoms with Crippen LogP contribution in [-0.4, -0.2) is 48.9 Å². The van der Waals surface area contributed by atoms with Crippen LogP contribution in [0.5, 0.6) is 0 Å². The second-order valence-electron chi connectivity index (χ2n) is 8.10. The molecule has 172 valence electrons. The zero-order chi connectivity index (χ0) is 23.2. The normalized spacial score (nSPS) is 14.3. The quantitative estimate of drug-likeness (QED) is 0.507. The van der Waals surface area contributed by atoms with Gasteiger partial charge < -0.3 is 15.0 Å². The lowest BCUT2D eigenvalue weighted by atomic mass is 9.90. The van der Waals surface area contributed by atoms with E-state index >= 15 is 0 Å². The van der Waals surface area contributed by atoms with E-state index in [9.17, 15) is 14.4 Å². The number of fused-ring (bicyclic) bond motifs is 1. The number of halogens is 1. The highest BCUT2D eigenvalue weighted by Gasteiger charge is 2.24. The SMILES string of the molecule is O=C(CNC(=O)c1sc2ccccc2c1Cl)OCC(=O)N1CCC(Cc2ccccc2)CC1. The van der Waals surface area contributed by atoms with Crippen molar-refractivity contribution in [3.8, 4) is 0 Å². The number of carbonyl (C=O) groups excluding carboxylic acids is 3. The number of rotatable bonds is 7. The van der Waals surface area contributed by atoms with E-state index in [0.717, 1.165) is 29.3 Å². The van der Waals surface area contributed by atoms with E-state index in [1.165, 1.54) is 16.9 Å². The largest absolute Gasteiger partial charge is 0.454 e. The van der Waals surface area contributed by atoms with Gasteiger partial charge in [-0.15, -0.1) is 11.3 Å². The Labute approximate surface area is 201 Å². The second kappa shape index (κ2) is 10.8. The zero-order valence-electron chi connectivity index (χ0n) is 18.1. The number of hydrogen-bond donors (Lipinski definition) is 1. The first kappa shape index (κ1) is 23.3. The molecule has 0 aliphatic carbocycles. The van der Waals surface area contributed by atoms with Crippen LogP contribution in [0.1, 0.15) is 28.1 Å². The van der Waals surface area contributed by atoms with Crippen molar-refractivity contribution in [3.05, 3.63) is 70.1 Å². The predicted molar refractivity (Wildman–Crippen MR) is 130 cm³/mol. The third-order valence-corrected chi connectivity index (χ3v) is 7.50. The zero-order valence-corrected chi connectivity index (χ0v) is 19.7. The Morgan fingerprint density at radius 3 is 2.45 bits per heavy atom. The lowest BCUT2D eigenvalue weighted by molar-refractivity contribution is -0.151. The summed E-state index contributed by atoms with van der Waals surface area (Å²) in [5.41, 5.74) is 1.31. The van der Waals surface area contributed by atoms with Crippen LogP contribution in [0.4, 0.5) is 0 Å². The Hall–Kier alpha value is -2.90. The van der Waals surface area contributed by atoms with Crippen molar-refractivity contribution in [2.24, 2.45) is 5.92 Å². The molecule has 3 aromatic rings. The van der Waals surface area contributed by atoms with Gasteiger partial charge in [0.05, 0.1) is 5.02 Å². The van der Waals surface area contributed by atoms with Crippen molar-refractivity contribution in [2.75, 3.05) is 26.2 Å². The summed E-state index contributed by atoms with van der Waals surface area (Å²) < 4.78 is 5.98. The summed E-state index contributed by atoms with van der Waals surface area (Å²) in [6.45, 7) is 0.682. The van der Waals surface area contributed by atoms with Crippen LogP contribution in [0, 0.1) is 5.92 Å². The molecule has 33 heavy (non-hydrogen) atoms. The minimum Gasteiger partial charge on any atom is -0.454 e. The highest BCUT2D eigenvalue weighted by molar-refractivity contribution is 7.21. The molecule has 2 heterocycles. The summed E-state index contributed by atoms with van der Waals surface area (Å²) in [6, 6.07) is 17.8. The molecule has 2 aromatic carbocycles. The maximum absolute atomic E-state index is 12.4. The molecule has 1 aromatic heterocycles. The number of benzene rings is 2. The second-order valence-corrected chi connectivity index (χ2v) is 9.53. The Kier molecular flexibility index (Phi) is 7.62. The molecule has 1 aliphatic heterocycles. The molecule has 6 nitrogen and oxygen atoms in total. The fraction of sp³-hybridized carbons (Fsp3) is 0.320. The summed E-state index contributed by atoms with van der Waals surface area (Å²) in [7, 11) is 0. The molecule has 1 N–H and O–H groups in total. The van der Waals surface area contributed by atoms with E-state index in [2.05, 4.69) is 17.4 Å². The van der Waals surface area contributed by atoms with E-state index in [0.29, 0.717) is 28.9 Å². The van der Waals surface area contributed by atoms with Crippen molar-refractivity contribution in [2.45, 2.75) is 19.3 Å². The number of thiophene rings is 1. The van der Waals surface area contributed by atoms with Gasteiger partial charge in [0.1, 0.15) is 11.4 Å². The van der Waals surface area contributed by atoms with E-state index in [4.69, 9.17) is 16.3 Å². The first-order valence-corrected chi connectivity index (χ1v) is 12.1. The fourth-order valence-corrected chi connectivity index (χ4v) is 5.44. The maximum atomic E-state index is 12.4. The van der Waals surface area contributed by atoms with Gasteiger partial charge in [0.15, 0.2) is 6.61 Å². The van der Waals surface area contributed by atoms with Crippen LogP contribution in [0.2, 0.25) is 5.02 Å². The third kappa shape index (κ3) is 5.92. The lowest BCUT2D eigenvalue weighted by Crippen LogP contribution is -2.41. The molecule has 0 radical (unpaired) electrons. The van der Waals surface area contributed by atoms with Gasteiger partial charge >= 0.3 is 5.97 Å². The molecule has 0 saturated carbocycles. The average molecular weight is 485 g/mol. The van der Waals surface area contributed by atoms with Crippen LogP contribution in [0.15, 0.2) is 54.6 Å². The third-order valence-electron chi connectivity index (χ3n) is 5.83. The molecule has 1 saturated heterocycles. The topological polar surface area (TPSA) is 75.7 Å². The van der Waals surface area contributed by atoms with Gasteiger partial charge in [-0.3, -0.25) is 14.4 Å². The van der Waals surface area contributed by atoms with Crippen LogP contribution in [0.3, 0.4) is 0 Å². The monoisotopic (exact) mass is 484 g/mol. The molecule has 1 aliphatic rings. The van der Waals surface area contributed by atoms with Crippen molar-refractivity contribution in [3.63, 3.8) is 0 Å². The van der Waals surface area contributed by atoms with Crippen molar-refractivity contribution >= 4 is 50.8 Å². The first-order chi connectivity index (χ1) is 16.0.